The van der Waals surface area contributed by atoms with E-state index in [0.717, 1.165) is 10.7 Å². The Kier molecular flexibility index (Phi) is 6.44. The second kappa shape index (κ2) is 8.15. The van der Waals surface area contributed by atoms with Crippen molar-refractivity contribution in [1.29, 1.82) is 5.26 Å². The zero-order valence-corrected chi connectivity index (χ0v) is 16.8. The summed E-state index contributed by atoms with van der Waals surface area (Å²) in [5.41, 5.74) is -3.46. The molecular formula is C17H18F6N4OSi. The van der Waals surface area contributed by atoms with E-state index in [1.54, 1.807) is 6.07 Å². The van der Waals surface area contributed by atoms with Gasteiger partial charge in [-0.1, -0.05) is 19.6 Å². The van der Waals surface area contributed by atoms with Gasteiger partial charge >= 0.3 is 12.4 Å². The van der Waals surface area contributed by atoms with E-state index in [-0.39, 0.29) is 18.6 Å². The van der Waals surface area contributed by atoms with Crippen molar-refractivity contribution in [2.75, 3.05) is 6.61 Å². The Hall–Kier alpha value is -2.39. The van der Waals surface area contributed by atoms with Gasteiger partial charge in [-0.25, -0.2) is 4.68 Å². The fourth-order valence-electron chi connectivity index (χ4n) is 2.25. The van der Waals surface area contributed by atoms with Gasteiger partial charge in [0, 0.05) is 20.2 Å². The largest absolute Gasteiger partial charge is 0.416 e. The molecule has 5 nitrogen and oxygen atoms in total. The third kappa shape index (κ3) is 6.30. The van der Waals surface area contributed by atoms with Gasteiger partial charge in [0.2, 0.25) is 5.82 Å². The van der Waals surface area contributed by atoms with Gasteiger partial charge in [-0.05, 0) is 24.2 Å². The van der Waals surface area contributed by atoms with Crippen molar-refractivity contribution in [1.82, 2.24) is 14.8 Å². The normalized spacial score (nSPS) is 12.8. The lowest BCUT2D eigenvalue weighted by molar-refractivity contribution is -0.143. The lowest BCUT2D eigenvalue weighted by atomic mass is 10.0. The zero-order chi connectivity index (χ0) is 22.0. The first-order valence-corrected chi connectivity index (χ1v) is 12.1. The Bertz CT molecular complexity index is 876. The third-order valence-electron chi connectivity index (χ3n) is 3.83. The summed E-state index contributed by atoms with van der Waals surface area (Å²) in [7, 11) is -1.36. The molecular weight excluding hydrogens is 418 g/mol. The Morgan fingerprint density at radius 3 is 2.03 bits per heavy atom. The fourth-order valence-corrected chi connectivity index (χ4v) is 3.01. The van der Waals surface area contributed by atoms with E-state index in [1.807, 2.05) is 0 Å². The molecule has 0 N–H and O–H groups in total. The third-order valence-corrected chi connectivity index (χ3v) is 5.53. The quantitative estimate of drug-likeness (QED) is 0.356. The maximum atomic E-state index is 13.0. The fraction of sp³-hybridized carbons (Fsp3) is 0.471. The van der Waals surface area contributed by atoms with Crippen LogP contribution in [0.5, 0.6) is 0 Å². The Balaban J connectivity index is 2.37. The highest BCUT2D eigenvalue weighted by Crippen LogP contribution is 2.38. The van der Waals surface area contributed by atoms with Crippen LogP contribution in [0.15, 0.2) is 18.2 Å². The average molecular weight is 436 g/mol. The summed E-state index contributed by atoms with van der Waals surface area (Å²) >= 11 is 0. The minimum Gasteiger partial charge on any atom is -0.359 e. The monoisotopic (exact) mass is 436 g/mol. The lowest BCUT2D eigenvalue weighted by Crippen LogP contribution is -2.22. The van der Waals surface area contributed by atoms with Crippen LogP contribution in [-0.2, 0) is 23.8 Å². The molecule has 0 saturated heterocycles. The van der Waals surface area contributed by atoms with Crippen molar-refractivity contribution < 1.29 is 31.1 Å². The molecule has 12 heteroatoms. The van der Waals surface area contributed by atoms with Crippen LogP contribution in [0.25, 0.3) is 11.4 Å². The van der Waals surface area contributed by atoms with Gasteiger partial charge in [-0.15, -0.1) is 5.10 Å². The standard InChI is InChI=1S/C17H18F6N4OSi/c1-29(2,3)5-4-28-10-27-14(9-24)25-15(26-27)11-6-12(16(18,19)20)8-13(7-11)17(21,22)23/h6-8H,4-5,10H2,1-3H3. The number of aromatic nitrogens is 3. The molecule has 0 amide bonds. The molecule has 0 aliphatic rings. The second-order valence-corrected chi connectivity index (χ2v) is 13.1. The molecule has 0 aliphatic heterocycles. The summed E-state index contributed by atoms with van der Waals surface area (Å²) in [6.07, 6.45) is -9.98. The molecule has 1 aromatic carbocycles. The maximum absolute atomic E-state index is 13.0. The van der Waals surface area contributed by atoms with Crippen LogP contribution in [0.4, 0.5) is 26.3 Å². The molecule has 1 aromatic heterocycles. The summed E-state index contributed by atoms with van der Waals surface area (Å²) in [6, 6.07) is 3.59. The highest BCUT2D eigenvalue weighted by molar-refractivity contribution is 6.76. The van der Waals surface area contributed by atoms with E-state index in [1.165, 1.54) is 0 Å². The van der Waals surface area contributed by atoms with Gasteiger partial charge in [0.1, 0.15) is 12.8 Å². The molecule has 0 aliphatic carbocycles. The van der Waals surface area contributed by atoms with Gasteiger partial charge < -0.3 is 4.74 Å². The van der Waals surface area contributed by atoms with E-state index < -0.39 is 42.9 Å². The van der Waals surface area contributed by atoms with E-state index in [9.17, 15) is 26.3 Å². The van der Waals surface area contributed by atoms with Gasteiger partial charge in [0.15, 0.2) is 5.82 Å². The van der Waals surface area contributed by atoms with E-state index in [2.05, 4.69) is 29.7 Å². The van der Waals surface area contributed by atoms with Crippen LogP contribution in [0, 0.1) is 11.3 Å². The molecule has 2 aromatic rings. The maximum Gasteiger partial charge on any atom is 0.416 e. The van der Waals surface area contributed by atoms with Crippen LogP contribution in [0.2, 0.25) is 25.7 Å². The van der Waals surface area contributed by atoms with Crippen LogP contribution < -0.4 is 0 Å². The van der Waals surface area contributed by atoms with Gasteiger partial charge in [0.25, 0.3) is 0 Å². The van der Waals surface area contributed by atoms with E-state index in [4.69, 9.17) is 10.00 Å². The Morgan fingerprint density at radius 1 is 1.03 bits per heavy atom. The predicted molar refractivity (Wildman–Crippen MR) is 94.3 cm³/mol. The molecule has 0 atom stereocenters. The molecule has 0 fully saturated rings. The zero-order valence-electron chi connectivity index (χ0n) is 15.8. The summed E-state index contributed by atoms with van der Waals surface area (Å²) in [4.78, 5) is 3.76. The van der Waals surface area contributed by atoms with Crippen molar-refractivity contribution in [3.63, 3.8) is 0 Å². The molecule has 158 valence electrons. The number of rotatable bonds is 6. The number of halogens is 6. The second-order valence-electron chi connectivity index (χ2n) is 7.51. The van der Waals surface area contributed by atoms with Gasteiger partial charge in [-0.3, -0.25) is 0 Å². The highest BCUT2D eigenvalue weighted by Gasteiger charge is 2.37. The van der Waals surface area contributed by atoms with Crippen LogP contribution in [0.3, 0.4) is 0 Å². The van der Waals surface area contributed by atoms with Crippen molar-refractivity contribution in [2.24, 2.45) is 0 Å². The van der Waals surface area contributed by atoms with Crippen molar-refractivity contribution in [3.8, 4) is 17.5 Å². The van der Waals surface area contributed by atoms with E-state index >= 15 is 0 Å². The predicted octanol–water partition coefficient (Wildman–Crippen LogP) is 5.17. The molecule has 0 radical (unpaired) electrons. The number of alkyl halides is 6. The minimum atomic E-state index is -4.99. The molecule has 2 rings (SSSR count). The van der Waals surface area contributed by atoms with Crippen LogP contribution in [-0.4, -0.2) is 29.4 Å². The molecule has 29 heavy (non-hydrogen) atoms. The highest BCUT2D eigenvalue weighted by atomic mass is 28.3. The average Bonchev–Trinajstić information content (AvgIpc) is 2.99. The summed E-state index contributed by atoms with van der Waals surface area (Å²) < 4.78 is 84.6. The van der Waals surface area contributed by atoms with Gasteiger partial charge in [-0.2, -0.15) is 36.6 Å². The first-order chi connectivity index (χ1) is 13.2. The smallest absolute Gasteiger partial charge is 0.359 e. The SMILES string of the molecule is C[Si](C)(C)CCOCn1nc(-c2cc(C(F)(F)F)cc(C(F)(F)F)c2)nc1C#N. The molecule has 0 spiro atoms. The topological polar surface area (TPSA) is 63.7 Å². The van der Waals surface area contributed by atoms with E-state index in [0.29, 0.717) is 18.7 Å². The minimum absolute atomic E-state index is 0.0190. The van der Waals surface area contributed by atoms with Crippen molar-refractivity contribution in [2.45, 2.75) is 44.8 Å². The summed E-state index contributed by atoms with van der Waals surface area (Å²) in [6.45, 7) is 6.60. The van der Waals surface area contributed by atoms with Crippen LogP contribution in [0.1, 0.15) is 17.0 Å². The number of benzene rings is 1. The molecule has 0 saturated carbocycles. The first-order valence-electron chi connectivity index (χ1n) is 8.43. The summed E-state index contributed by atoms with van der Waals surface area (Å²) in [5, 5.41) is 13.0. The number of nitrogens with zero attached hydrogens (tertiary/aromatic N) is 4. The van der Waals surface area contributed by atoms with Gasteiger partial charge in [0.05, 0.1) is 11.1 Å². The molecule has 1 heterocycles. The number of nitriles is 1. The summed E-state index contributed by atoms with van der Waals surface area (Å²) in [5.74, 6) is -0.703. The van der Waals surface area contributed by atoms with Crippen LogP contribution >= 0.6 is 0 Å². The Morgan fingerprint density at radius 2 is 1.59 bits per heavy atom. The first kappa shape index (κ1) is 22.9. The molecule has 0 bridgehead atoms. The molecule has 0 unspecified atom stereocenters. The Labute approximate surface area is 163 Å². The van der Waals surface area contributed by atoms with Crippen molar-refractivity contribution in [3.05, 3.63) is 35.2 Å². The number of ether oxygens (including phenoxy) is 1. The number of hydrogen-bond acceptors (Lipinski definition) is 4. The lowest BCUT2D eigenvalue weighted by Gasteiger charge is -2.15. The van der Waals surface area contributed by atoms with Crippen molar-refractivity contribution >= 4 is 8.07 Å². The number of hydrogen-bond donors (Lipinski definition) is 0.